The highest BCUT2D eigenvalue weighted by molar-refractivity contribution is 5.94. The number of nitrogens with one attached hydrogen (secondary N) is 1. The Morgan fingerprint density at radius 3 is 2.50 bits per heavy atom. The number of hydrogen-bond acceptors (Lipinski definition) is 4. The molecule has 0 radical (unpaired) electrons. The van der Waals surface area contributed by atoms with E-state index in [1.807, 2.05) is 24.3 Å². The Hall–Kier alpha value is -3.80. The minimum atomic E-state index is -0.0487. The summed E-state index contributed by atoms with van der Waals surface area (Å²) in [5.41, 5.74) is 4.02. The van der Waals surface area contributed by atoms with Gasteiger partial charge in [0.1, 0.15) is 17.3 Å². The van der Waals surface area contributed by atoms with Crippen molar-refractivity contribution >= 4 is 16.9 Å². The number of rotatable bonds is 13. The lowest BCUT2D eigenvalue weighted by atomic mass is 10.1. The van der Waals surface area contributed by atoms with Crippen molar-refractivity contribution in [3.8, 4) is 11.5 Å². The van der Waals surface area contributed by atoms with Gasteiger partial charge in [-0.2, -0.15) is 0 Å². The largest absolute Gasteiger partial charge is 0.497 e. The zero-order valence-corrected chi connectivity index (χ0v) is 21.2. The average Bonchev–Trinajstić information content (AvgIpc) is 3.26. The standard InChI is InChI=1S/C30H35N3O3/c1-23-11-5-8-14-28(23)36-22-10-21-33-27-13-7-6-12-26(27)32-29(33)15-4-3-9-20-31-30(34)24-16-18-25(35-2)19-17-24/h5-8,11-14,16-19H,3-4,9-10,15,20-22H2,1-2H3,(H,31,34). The zero-order valence-electron chi connectivity index (χ0n) is 21.2. The molecule has 0 saturated heterocycles. The van der Waals surface area contributed by atoms with Crippen LogP contribution in [-0.4, -0.2) is 35.7 Å². The number of imidazole rings is 1. The van der Waals surface area contributed by atoms with E-state index in [-0.39, 0.29) is 5.91 Å². The molecule has 3 aromatic carbocycles. The minimum Gasteiger partial charge on any atom is -0.497 e. The van der Waals surface area contributed by atoms with Crippen LogP contribution in [0.2, 0.25) is 0 Å². The number of unbranched alkanes of at least 4 members (excludes halogenated alkanes) is 2. The van der Waals surface area contributed by atoms with Crippen molar-refractivity contribution in [2.75, 3.05) is 20.3 Å². The highest BCUT2D eigenvalue weighted by Gasteiger charge is 2.11. The Balaban J connectivity index is 1.23. The quantitative estimate of drug-likeness (QED) is 0.237. The van der Waals surface area contributed by atoms with Crippen molar-refractivity contribution in [2.45, 2.75) is 45.6 Å². The number of methoxy groups -OCH3 is 1. The van der Waals surface area contributed by atoms with E-state index in [0.29, 0.717) is 18.7 Å². The van der Waals surface area contributed by atoms with Crippen molar-refractivity contribution in [3.63, 3.8) is 0 Å². The lowest BCUT2D eigenvalue weighted by Gasteiger charge is -2.12. The van der Waals surface area contributed by atoms with Crippen molar-refractivity contribution in [2.24, 2.45) is 0 Å². The monoisotopic (exact) mass is 485 g/mol. The summed E-state index contributed by atoms with van der Waals surface area (Å²) < 4.78 is 13.5. The predicted octanol–water partition coefficient (Wildman–Crippen LogP) is 5.97. The van der Waals surface area contributed by atoms with Crippen LogP contribution >= 0.6 is 0 Å². The lowest BCUT2D eigenvalue weighted by Crippen LogP contribution is -2.24. The Morgan fingerprint density at radius 1 is 0.917 bits per heavy atom. The van der Waals surface area contributed by atoms with Gasteiger partial charge in [0.05, 0.1) is 24.8 Å². The molecule has 1 N–H and O–H groups in total. The van der Waals surface area contributed by atoms with Crippen LogP contribution in [0.3, 0.4) is 0 Å². The van der Waals surface area contributed by atoms with Crippen LogP contribution < -0.4 is 14.8 Å². The van der Waals surface area contributed by atoms with Gasteiger partial charge < -0.3 is 19.4 Å². The highest BCUT2D eigenvalue weighted by Crippen LogP contribution is 2.20. The van der Waals surface area contributed by atoms with E-state index in [2.05, 4.69) is 41.1 Å². The summed E-state index contributed by atoms with van der Waals surface area (Å²) in [4.78, 5) is 17.2. The molecule has 1 heterocycles. The van der Waals surface area contributed by atoms with E-state index in [1.54, 1.807) is 31.4 Å². The molecule has 188 valence electrons. The van der Waals surface area contributed by atoms with Crippen LogP contribution in [0, 0.1) is 6.92 Å². The third kappa shape index (κ3) is 6.66. The molecule has 0 atom stereocenters. The number of aryl methyl sites for hydroxylation is 3. The van der Waals surface area contributed by atoms with Gasteiger partial charge in [-0.1, -0.05) is 36.8 Å². The van der Waals surface area contributed by atoms with E-state index < -0.39 is 0 Å². The second-order valence-corrected chi connectivity index (χ2v) is 8.93. The van der Waals surface area contributed by atoms with Gasteiger partial charge in [-0.05, 0) is 74.2 Å². The third-order valence-corrected chi connectivity index (χ3v) is 6.33. The normalized spacial score (nSPS) is 10.9. The van der Waals surface area contributed by atoms with Crippen LogP contribution in [0.15, 0.2) is 72.8 Å². The van der Waals surface area contributed by atoms with Crippen molar-refractivity contribution < 1.29 is 14.3 Å². The number of benzene rings is 3. The summed E-state index contributed by atoms with van der Waals surface area (Å²) in [5.74, 6) is 2.77. The number of nitrogens with zero attached hydrogens (tertiary/aromatic N) is 2. The zero-order chi connectivity index (χ0) is 25.2. The lowest BCUT2D eigenvalue weighted by molar-refractivity contribution is 0.0953. The average molecular weight is 486 g/mol. The number of carbonyl (C=O) groups is 1. The minimum absolute atomic E-state index is 0.0487. The van der Waals surface area contributed by atoms with Gasteiger partial charge in [0.2, 0.25) is 0 Å². The van der Waals surface area contributed by atoms with E-state index in [9.17, 15) is 4.79 Å². The van der Waals surface area contributed by atoms with E-state index >= 15 is 0 Å². The smallest absolute Gasteiger partial charge is 0.251 e. The summed E-state index contributed by atoms with van der Waals surface area (Å²) in [7, 11) is 1.62. The van der Waals surface area contributed by atoms with Gasteiger partial charge in [0.25, 0.3) is 5.91 Å². The fraction of sp³-hybridized carbons (Fsp3) is 0.333. The van der Waals surface area contributed by atoms with Crippen LogP contribution in [0.4, 0.5) is 0 Å². The van der Waals surface area contributed by atoms with Crippen LogP contribution in [0.25, 0.3) is 11.0 Å². The molecule has 0 aliphatic carbocycles. The summed E-state index contributed by atoms with van der Waals surface area (Å²) in [6.45, 7) is 4.28. The maximum atomic E-state index is 12.3. The van der Waals surface area contributed by atoms with Crippen molar-refractivity contribution in [3.05, 3.63) is 89.7 Å². The first-order chi connectivity index (χ1) is 17.7. The van der Waals surface area contributed by atoms with Crippen LogP contribution in [-0.2, 0) is 13.0 Å². The molecule has 0 bridgehead atoms. The molecule has 0 aliphatic heterocycles. The van der Waals surface area contributed by atoms with Crippen LogP contribution in [0.5, 0.6) is 11.5 Å². The molecule has 0 aliphatic rings. The SMILES string of the molecule is COc1ccc(C(=O)NCCCCCc2nc3ccccc3n2CCCOc2ccccc2C)cc1. The maximum Gasteiger partial charge on any atom is 0.251 e. The molecular formula is C30H35N3O3. The molecule has 4 rings (SSSR count). The van der Waals surface area contributed by atoms with Gasteiger partial charge in [-0.3, -0.25) is 4.79 Å². The van der Waals surface area contributed by atoms with Crippen LogP contribution in [0.1, 0.15) is 47.4 Å². The second kappa shape index (κ2) is 12.8. The molecule has 1 aromatic heterocycles. The fourth-order valence-corrected chi connectivity index (χ4v) is 4.32. The summed E-state index contributed by atoms with van der Waals surface area (Å²) in [6, 6.07) is 23.6. The summed E-state index contributed by atoms with van der Waals surface area (Å²) in [5, 5.41) is 3.01. The van der Waals surface area contributed by atoms with Gasteiger partial charge >= 0.3 is 0 Å². The first kappa shape index (κ1) is 25.3. The van der Waals surface area contributed by atoms with E-state index in [1.165, 1.54) is 5.52 Å². The highest BCUT2D eigenvalue weighted by atomic mass is 16.5. The summed E-state index contributed by atoms with van der Waals surface area (Å²) in [6.07, 6.45) is 4.83. The van der Waals surface area contributed by atoms with Crippen molar-refractivity contribution in [1.29, 1.82) is 0 Å². The Morgan fingerprint density at radius 2 is 1.69 bits per heavy atom. The number of aromatic nitrogens is 2. The summed E-state index contributed by atoms with van der Waals surface area (Å²) >= 11 is 0. The van der Waals surface area contributed by atoms with Gasteiger partial charge in [0.15, 0.2) is 0 Å². The third-order valence-electron chi connectivity index (χ3n) is 6.33. The molecule has 0 saturated carbocycles. The molecule has 4 aromatic rings. The van der Waals surface area contributed by atoms with Gasteiger partial charge in [0, 0.05) is 25.1 Å². The van der Waals surface area contributed by atoms with Gasteiger partial charge in [-0.25, -0.2) is 4.98 Å². The number of para-hydroxylation sites is 3. The number of hydrogen-bond donors (Lipinski definition) is 1. The molecule has 6 heteroatoms. The first-order valence-corrected chi connectivity index (χ1v) is 12.7. The van der Waals surface area contributed by atoms with E-state index in [4.69, 9.17) is 14.5 Å². The molecular weight excluding hydrogens is 450 g/mol. The molecule has 36 heavy (non-hydrogen) atoms. The fourth-order valence-electron chi connectivity index (χ4n) is 4.32. The molecule has 0 spiro atoms. The van der Waals surface area contributed by atoms with Crippen molar-refractivity contribution in [1.82, 2.24) is 14.9 Å². The second-order valence-electron chi connectivity index (χ2n) is 8.93. The molecule has 0 unspecified atom stereocenters. The van der Waals surface area contributed by atoms with E-state index in [0.717, 1.165) is 67.1 Å². The number of amides is 1. The topological polar surface area (TPSA) is 65.4 Å². The Bertz CT molecular complexity index is 1260. The predicted molar refractivity (Wildman–Crippen MR) is 144 cm³/mol. The Labute approximate surface area is 213 Å². The number of fused-ring (bicyclic) bond motifs is 1. The first-order valence-electron chi connectivity index (χ1n) is 12.7. The Kier molecular flexibility index (Phi) is 8.98. The number of carbonyl (C=O) groups excluding carboxylic acids is 1. The maximum absolute atomic E-state index is 12.3. The molecule has 0 fully saturated rings. The molecule has 1 amide bonds. The number of ether oxygens (including phenoxy) is 2. The van der Waals surface area contributed by atoms with Gasteiger partial charge in [-0.15, -0.1) is 0 Å². The molecule has 6 nitrogen and oxygen atoms in total.